The summed E-state index contributed by atoms with van der Waals surface area (Å²) in [7, 11) is 1.18. The van der Waals surface area contributed by atoms with Gasteiger partial charge in [-0.3, -0.25) is 14.2 Å². The molecule has 0 aliphatic rings. The fourth-order valence-electron chi connectivity index (χ4n) is 8.37. The Kier molecular flexibility index (Phi) is 49.0. The van der Waals surface area contributed by atoms with Crippen molar-refractivity contribution in [3.63, 3.8) is 0 Å². The lowest BCUT2D eigenvalue weighted by molar-refractivity contribution is -0.870. The Bertz CT molecular complexity index is 1340. The first-order valence-electron chi connectivity index (χ1n) is 29.4. The molecule has 3 atom stereocenters. The highest BCUT2D eigenvalue weighted by atomic mass is 31.2. The van der Waals surface area contributed by atoms with E-state index >= 15 is 0 Å². The number of carbonyl (C=O) groups is 2. The number of ether oxygens (including phenoxy) is 1. The first-order chi connectivity index (χ1) is 33.9. The standard InChI is InChI=1S/C60H113N2O7P/c1-7-10-13-16-19-22-25-28-29-30-31-32-33-35-38-41-44-47-50-53-60(64)69-58(51-48-45-42-39-36-27-24-21-18-15-12-9-3)57(56-68-70(65,66)67-55-54-62(4,5)6)61-59(63)52-49-46-43-40-37-34-26-23-20-17-14-11-8-2/h19,22,28-29,34,37,48,51,57-58H,7-18,20-21,23-27,30-33,35-36,38-47,49-50,52-56H2,1-6H3,(H-,61,63,65,66)/b22-19-,29-28-,37-34-,51-48-. The van der Waals surface area contributed by atoms with Crippen LogP contribution in [0.15, 0.2) is 48.6 Å². The van der Waals surface area contributed by atoms with Crippen LogP contribution in [0, 0.1) is 0 Å². The van der Waals surface area contributed by atoms with Crippen molar-refractivity contribution in [3.8, 4) is 0 Å². The number of nitrogens with one attached hydrogen (secondary N) is 1. The van der Waals surface area contributed by atoms with Gasteiger partial charge in [0.2, 0.25) is 5.91 Å². The lowest BCUT2D eigenvalue weighted by Gasteiger charge is -2.30. The highest BCUT2D eigenvalue weighted by molar-refractivity contribution is 7.45. The minimum Gasteiger partial charge on any atom is -0.756 e. The number of hydrogen-bond donors (Lipinski definition) is 1. The number of carbonyl (C=O) groups excluding carboxylic acids is 2. The minimum atomic E-state index is -4.70. The maximum atomic E-state index is 13.5. The third-order valence-electron chi connectivity index (χ3n) is 13.0. The summed E-state index contributed by atoms with van der Waals surface area (Å²) < 4.78 is 30.2. The van der Waals surface area contributed by atoms with E-state index in [-0.39, 0.29) is 24.9 Å². The molecule has 410 valence electrons. The average molecular weight is 1010 g/mol. The second-order valence-corrected chi connectivity index (χ2v) is 22.6. The number of likely N-dealkylation sites (N-methyl/N-ethyl adjacent to an activating group) is 1. The van der Waals surface area contributed by atoms with Crippen LogP contribution < -0.4 is 10.2 Å². The number of unbranched alkanes of at least 4 members (excludes halogenated alkanes) is 31. The molecule has 0 aliphatic carbocycles. The van der Waals surface area contributed by atoms with E-state index in [1.54, 1.807) is 0 Å². The van der Waals surface area contributed by atoms with Crippen molar-refractivity contribution in [3.05, 3.63) is 48.6 Å². The van der Waals surface area contributed by atoms with Gasteiger partial charge in [0.1, 0.15) is 19.3 Å². The number of rotatable bonds is 53. The Morgan fingerprint density at radius 3 is 1.34 bits per heavy atom. The predicted octanol–water partition coefficient (Wildman–Crippen LogP) is 17.1. The Hall–Kier alpha value is -2.03. The number of nitrogens with zero attached hydrogens (tertiary/aromatic N) is 1. The second kappa shape index (κ2) is 50.5. The molecule has 1 amide bonds. The van der Waals surface area contributed by atoms with Crippen LogP contribution in [0.25, 0.3) is 0 Å². The summed E-state index contributed by atoms with van der Waals surface area (Å²) >= 11 is 0. The maximum Gasteiger partial charge on any atom is 0.306 e. The normalized spacial score (nSPS) is 14.1. The molecule has 0 rings (SSSR count). The van der Waals surface area contributed by atoms with Crippen LogP contribution >= 0.6 is 7.82 Å². The zero-order valence-corrected chi connectivity index (χ0v) is 47.6. The Morgan fingerprint density at radius 1 is 0.500 bits per heavy atom. The van der Waals surface area contributed by atoms with Gasteiger partial charge in [-0.15, -0.1) is 0 Å². The topological polar surface area (TPSA) is 114 Å². The lowest BCUT2D eigenvalue weighted by Crippen LogP contribution is -2.47. The molecular weight excluding hydrogens is 892 g/mol. The van der Waals surface area contributed by atoms with Crippen LogP contribution in [0.3, 0.4) is 0 Å². The first kappa shape index (κ1) is 68.0. The Labute approximate surface area is 433 Å². The number of hydrogen-bond acceptors (Lipinski definition) is 7. The molecule has 0 radical (unpaired) electrons. The van der Waals surface area contributed by atoms with Gasteiger partial charge < -0.3 is 28.5 Å². The van der Waals surface area contributed by atoms with Crippen molar-refractivity contribution in [1.29, 1.82) is 0 Å². The van der Waals surface area contributed by atoms with E-state index < -0.39 is 26.6 Å². The van der Waals surface area contributed by atoms with Crippen LogP contribution in [0.1, 0.15) is 271 Å². The monoisotopic (exact) mass is 1000 g/mol. The summed E-state index contributed by atoms with van der Waals surface area (Å²) in [6.07, 6.45) is 60.7. The molecule has 0 bridgehead atoms. The largest absolute Gasteiger partial charge is 0.756 e. The Morgan fingerprint density at radius 2 is 0.871 bits per heavy atom. The quantitative estimate of drug-likeness (QED) is 0.0212. The maximum absolute atomic E-state index is 13.5. The highest BCUT2D eigenvalue weighted by Gasteiger charge is 2.27. The molecule has 3 unspecified atom stereocenters. The molecule has 0 aromatic heterocycles. The van der Waals surface area contributed by atoms with Gasteiger partial charge in [-0.2, -0.15) is 0 Å². The third-order valence-corrected chi connectivity index (χ3v) is 13.9. The molecule has 0 saturated carbocycles. The molecular formula is C60H113N2O7P. The second-order valence-electron chi connectivity index (χ2n) is 21.1. The summed E-state index contributed by atoms with van der Waals surface area (Å²) in [5.74, 6) is -0.560. The zero-order chi connectivity index (χ0) is 51.5. The summed E-state index contributed by atoms with van der Waals surface area (Å²) in [4.78, 5) is 39.8. The van der Waals surface area contributed by atoms with Crippen molar-refractivity contribution < 1.29 is 37.3 Å². The lowest BCUT2D eigenvalue weighted by atomic mass is 10.0. The molecule has 0 saturated heterocycles. The van der Waals surface area contributed by atoms with E-state index in [2.05, 4.69) is 62.5 Å². The number of amides is 1. The average Bonchev–Trinajstić information content (AvgIpc) is 3.32. The number of quaternary nitrogens is 1. The van der Waals surface area contributed by atoms with Gasteiger partial charge >= 0.3 is 5.97 Å². The number of phosphoric ester groups is 1. The van der Waals surface area contributed by atoms with Crippen molar-refractivity contribution >= 4 is 19.7 Å². The molecule has 0 aromatic carbocycles. The predicted molar refractivity (Wildman–Crippen MR) is 298 cm³/mol. The molecule has 10 heteroatoms. The highest BCUT2D eigenvalue weighted by Crippen LogP contribution is 2.38. The Balaban J connectivity index is 5.30. The van der Waals surface area contributed by atoms with E-state index in [4.69, 9.17) is 13.8 Å². The van der Waals surface area contributed by atoms with Gasteiger partial charge in [-0.25, -0.2) is 0 Å². The molecule has 0 spiro atoms. The van der Waals surface area contributed by atoms with Gasteiger partial charge in [-0.05, 0) is 89.5 Å². The SMILES string of the molecule is CCCCC/C=C\C/C=C\CCCCCCCCCCCC(=O)OC(/C=C\CCCCCCCCCCCC)C(COP(=O)([O-])OCC[N+](C)(C)C)NC(=O)CCCCC/C=C\CCCCCCCC. The van der Waals surface area contributed by atoms with E-state index in [0.717, 1.165) is 77.0 Å². The molecule has 9 nitrogen and oxygen atoms in total. The van der Waals surface area contributed by atoms with Crippen LogP contribution in [-0.4, -0.2) is 69.4 Å². The smallest absolute Gasteiger partial charge is 0.306 e. The molecule has 0 aromatic rings. The van der Waals surface area contributed by atoms with Crippen molar-refractivity contribution in [1.82, 2.24) is 5.32 Å². The fraction of sp³-hybridized carbons (Fsp3) is 0.833. The number of esters is 1. The van der Waals surface area contributed by atoms with Crippen molar-refractivity contribution in [2.45, 2.75) is 283 Å². The van der Waals surface area contributed by atoms with Crippen molar-refractivity contribution in [2.24, 2.45) is 0 Å². The van der Waals surface area contributed by atoms with Crippen LogP contribution in [-0.2, 0) is 27.9 Å². The molecule has 0 heterocycles. The van der Waals surface area contributed by atoms with Crippen LogP contribution in [0.4, 0.5) is 0 Å². The molecule has 0 aliphatic heterocycles. The summed E-state index contributed by atoms with van der Waals surface area (Å²) in [5.41, 5.74) is 0. The van der Waals surface area contributed by atoms with Gasteiger partial charge in [-0.1, -0.05) is 217 Å². The summed E-state index contributed by atoms with van der Waals surface area (Å²) in [6, 6.07) is -0.895. The first-order valence-corrected chi connectivity index (χ1v) is 30.9. The van der Waals surface area contributed by atoms with Crippen molar-refractivity contribution in [2.75, 3.05) is 40.9 Å². The van der Waals surface area contributed by atoms with Gasteiger partial charge in [0.15, 0.2) is 0 Å². The fourth-order valence-corrected chi connectivity index (χ4v) is 9.09. The van der Waals surface area contributed by atoms with E-state index in [9.17, 15) is 19.0 Å². The molecule has 1 N–H and O–H groups in total. The van der Waals surface area contributed by atoms with Gasteiger partial charge in [0.05, 0.1) is 33.8 Å². The van der Waals surface area contributed by atoms with E-state index in [1.807, 2.05) is 33.3 Å². The summed E-state index contributed by atoms with van der Waals surface area (Å²) in [6.45, 7) is 6.80. The van der Waals surface area contributed by atoms with Crippen LogP contribution in [0.2, 0.25) is 0 Å². The number of allylic oxidation sites excluding steroid dienone is 7. The minimum absolute atomic E-state index is 0.0255. The third kappa shape index (κ3) is 50.9. The summed E-state index contributed by atoms with van der Waals surface area (Å²) in [5, 5.41) is 3.01. The van der Waals surface area contributed by atoms with E-state index in [0.29, 0.717) is 23.9 Å². The van der Waals surface area contributed by atoms with Gasteiger partial charge in [0.25, 0.3) is 7.82 Å². The number of phosphoric acid groups is 1. The van der Waals surface area contributed by atoms with E-state index in [1.165, 1.54) is 154 Å². The zero-order valence-electron chi connectivity index (χ0n) is 46.7. The molecule has 0 fully saturated rings. The van der Waals surface area contributed by atoms with Crippen LogP contribution in [0.5, 0.6) is 0 Å². The molecule has 70 heavy (non-hydrogen) atoms. The van der Waals surface area contributed by atoms with Gasteiger partial charge in [0, 0.05) is 12.8 Å².